The van der Waals surface area contributed by atoms with Crippen LogP contribution in [0.2, 0.25) is 0 Å². The fraction of sp³-hybridized carbons (Fsp3) is 0.872. The quantitative estimate of drug-likeness (QED) is 0.240. The van der Waals surface area contributed by atoms with Gasteiger partial charge in [-0.15, -0.1) is 6.58 Å². The molecule has 7 aliphatic heterocycles. The van der Waals surface area contributed by atoms with Gasteiger partial charge >= 0.3 is 17.9 Å². The second-order valence-corrected chi connectivity index (χ2v) is 17.1. The number of aliphatic hydroxyl groups excluding tert-OH is 2. The molecule has 0 spiro atoms. The van der Waals surface area contributed by atoms with Crippen molar-refractivity contribution in [3.63, 3.8) is 0 Å². The van der Waals surface area contributed by atoms with Crippen LogP contribution >= 0.6 is 0 Å². The lowest BCUT2D eigenvalue weighted by Gasteiger charge is -2.44. The maximum absolute atomic E-state index is 11.7. The fourth-order valence-corrected chi connectivity index (χ4v) is 7.30. The Bertz CT molecular complexity index is 1350. The summed E-state index contributed by atoms with van der Waals surface area (Å²) in [7, 11) is 0. The SMILES string of the molecule is C=CC1OC(C)(C)OC2C(C)C(=O)OC12.CC(C)C.CC1C(=O)OC2C(C(O)CO)OC(C)(C)OC12.CC1OCC(C2OC(C)(C)OC3C(C)C(=O)OC23)O1. The lowest BCUT2D eigenvalue weighted by Crippen LogP contribution is -2.58. The van der Waals surface area contributed by atoms with Crippen molar-refractivity contribution in [2.45, 2.75) is 181 Å². The summed E-state index contributed by atoms with van der Waals surface area (Å²) in [6.45, 7) is 28.1. The van der Waals surface area contributed by atoms with Gasteiger partial charge in [0.25, 0.3) is 0 Å². The highest BCUT2D eigenvalue weighted by atomic mass is 16.8. The first-order chi connectivity index (χ1) is 25.4. The number of hydrogen-bond acceptors (Lipinski definition) is 16. The Morgan fingerprint density at radius 3 is 1.51 bits per heavy atom. The van der Waals surface area contributed by atoms with Gasteiger partial charge in [0.15, 0.2) is 42.0 Å². The Kier molecular flexibility index (Phi) is 14.6. The zero-order valence-corrected chi connectivity index (χ0v) is 34.5. The van der Waals surface area contributed by atoms with Crippen molar-refractivity contribution in [1.82, 2.24) is 0 Å². The van der Waals surface area contributed by atoms with E-state index in [9.17, 15) is 19.5 Å². The minimum atomic E-state index is -1.09. The van der Waals surface area contributed by atoms with E-state index in [0.717, 1.165) is 5.92 Å². The number of hydrogen-bond donors (Lipinski definition) is 2. The van der Waals surface area contributed by atoms with E-state index >= 15 is 0 Å². The van der Waals surface area contributed by atoms with Crippen LogP contribution in [-0.4, -0.2) is 132 Å². The van der Waals surface area contributed by atoms with Crippen molar-refractivity contribution in [3.05, 3.63) is 12.7 Å². The molecule has 0 amide bonds. The summed E-state index contributed by atoms with van der Waals surface area (Å²) in [4.78, 5) is 34.7. The molecule has 0 saturated carbocycles. The van der Waals surface area contributed by atoms with Crippen molar-refractivity contribution in [3.8, 4) is 0 Å². The third kappa shape index (κ3) is 10.8. The van der Waals surface area contributed by atoms with E-state index < -0.39 is 60.4 Å². The molecule has 0 aliphatic carbocycles. The summed E-state index contributed by atoms with van der Waals surface area (Å²) in [5.41, 5.74) is 0. The van der Waals surface area contributed by atoms with Crippen molar-refractivity contribution < 1.29 is 76.7 Å². The minimum absolute atomic E-state index is 0.224. The predicted octanol–water partition coefficient (Wildman–Crippen LogP) is 3.17. The number of ether oxygens (including phenoxy) is 11. The lowest BCUT2D eigenvalue weighted by atomic mass is 9.95. The highest BCUT2D eigenvalue weighted by Gasteiger charge is 2.58. The van der Waals surface area contributed by atoms with Crippen LogP contribution in [0.1, 0.15) is 90.0 Å². The molecule has 7 aliphatic rings. The van der Waals surface area contributed by atoms with E-state index in [1.54, 1.807) is 26.8 Å². The molecule has 15 unspecified atom stereocenters. The van der Waals surface area contributed by atoms with Gasteiger partial charge in [-0.1, -0.05) is 26.8 Å². The van der Waals surface area contributed by atoms with E-state index in [-0.39, 0.29) is 72.7 Å². The largest absolute Gasteiger partial charge is 0.456 e. The Labute approximate surface area is 324 Å². The van der Waals surface area contributed by atoms with Gasteiger partial charge in [0, 0.05) is 0 Å². The minimum Gasteiger partial charge on any atom is -0.456 e. The third-order valence-corrected chi connectivity index (χ3v) is 9.84. The summed E-state index contributed by atoms with van der Waals surface area (Å²) in [6, 6.07) is 0. The van der Waals surface area contributed by atoms with Crippen molar-refractivity contribution in [2.75, 3.05) is 13.2 Å². The summed E-state index contributed by atoms with van der Waals surface area (Å²) < 4.78 is 61.1. The fourth-order valence-electron chi connectivity index (χ4n) is 7.30. The predicted molar refractivity (Wildman–Crippen MR) is 193 cm³/mol. The van der Waals surface area contributed by atoms with Gasteiger partial charge in [-0.25, -0.2) is 0 Å². The number of carbonyl (C=O) groups excluding carboxylic acids is 3. The van der Waals surface area contributed by atoms with Crippen molar-refractivity contribution in [2.24, 2.45) is 23.7 Å². The zero-order chi connectivity index (χ0) is 41.4. The van der Waals surface area contributed by atoms with Gasteiger partial charge in [-0.2, -0.15) is 0 Å². The van der Waals surface area contributed by atoms with Crippen LogP contribution in [0.4, 0.5) is 0 Å². The molecule has 16 nitrogen and oxygen atoms in total. The summed E-state index contributed by atoms with van der Waals surface area (Å²) in [5.74, 6) is -3.27. The molecule has 55 heavy (non-hydrogen) atoms. The standard InChI is InChI=1S/C13H20O6.C11H18O6.C11H16O4.C4H10/c1-6-9-11(17-12(6)14)10(19-13(3,4)18-9)8-5-15-7(2)16-8;1-5-7-9(15-10(5)14)8(6(13)4-12)17-11(2,3)16-7;1-5-7-9-8(6(2)10(12)13-9)15-11(3,4)14-7;1-4(2)3/h6-11H,5H2,1-4H3;5-9,12-13H,4H2,1-3H3;5-9H,1H2,2-4H3;4H,1-3H3. The smallest absolute Gasteiger partial charge is 0.311 e. The third-order valence-electron chi connectivity index (χ3n) is 9.84. The van der Waals surface area contributed by atoms with Gasteiger partial charge in [0.2, 0.25) is 0 Å². The van der Waals surface area contributed by atoms with Crippen LogP contribution in [-0.2, 0) is 66.5 Å². The van der Waals surface area contributed by atoms with Gasteiger partial charge in [0.1, 0.15) is 48.8 Å². The molecule has 7 heterocycles. The maximum atomic E-state index is 11.7. The molecule has 7 fully saturated rings. The molecule has 7 saturated heterocycles. The highest BCUT2D eigenvalue weighted by molar-refractivity contribution is 5.76. The van der Waals surface area contributed by atoms with E-state index in [2.05, 4.69) is 27.4 Å². The van der Waals surface area contributed by atoms with Crippen LogP contribution in [0.15, 0.2) is 12.7 Å². The van der Waals surface area contributed by atoms with E-state index in [0.29, 0.717) is 6.61 Å². The highest BCUT2D eigenvalue weighted by Crippen LogP contribution is 2.41. The molecular formula is C39H64O16. The number of carbonyl (C=O) groups is 3. The number of rotatable bonds is 4. The molecule has 15 atom stereocenters. The Balaban J connectivity index is 0.000000176. The van der Waals surface area contributed by atoms with E-state index in [4.69, 9.17) is 57.2 Å². The van der Waals surface area contributed by atoms with E-state index in [1.165, 1.54) is 0 Å². The van der Waals surface area contributed by atoms with Crippen molar-refractivity contribution in [1.29, 1.82) is 0 Å². The first-order valence-corrected chi connectivity index (χ1v) is 19.3. The van der Waals surface area contributed by atoms with Gasteiger partial charge in [0.05, 0.1) is 31.0 Å². The Morgan fingerprint density at radius 1 is 0.655 bits per heavy atom. The average molecular weight is 789 g/mol. The monoisotopic (exact) mass is 788 g/mol. The lowest BCUT2D eigenvalue weighted by molar-refractivity contribution is -0.338. The van der Waals surface area contributed by atoms with E-state index in [1.807, 2.05) is 48.5 Å². The average Bonchev–Trinajstić information content (AvgIpc) is 3.80. The molecule has 7 rings (SSSR count). The van der Waals surface area contributed by atoms with Crippen LogP contribution < -0.4 is 0 Å². The number of aliphatic hydroxyl groups is 2. The summed E-state index contributed by atoms with van der Waals surface area (Å²) >= 11 is 0. The summed E-state index contributed by atoms with van der Waals surface area (Å²) in [6.07, 6.45) is -3.72. The van der Waals surface area contributed by atoms with Crippen LogP contribution in [0.5, 0.6) is 0 Å². The molecule has 0 aromatic rings. The second kappa shape index (κ2) is 17.7. The molecule has 316 valence electrons. The van der Waals surface area contributed by atoms with Crippen molar-refractivity contribution >= 4 is 17.9 Å². The normalized spacial score (nSPS) is 42.3. The number of esters is 3. The zero-order valence-electron chi connectivity index (χ0n) is 34.5. The van der Waals surface area contributed by atoms with Gasteiger partial charge < -0.3 is 62.3 Å². The Hall–Kier alpha value is -2.25. The molecule has 0 aromatic carbocycles. The van der Waals surface area contributed by atoms with Gasteiger partial charge in [-0.3, -0.25) is 14.4 Å². The van der Waals surface area contributed by atoms with Crippen LogP contribution in [0.3, 0.4) is 0 Å². The van der Waals surface area contributed by atoms with Crippen LogP contribution in [0, 0.1) is 23.7 Å². The molecule has 0 bridgehead atoms. The number of fused-ring (bicyclic) bond motifs is 3. The first-order valence-electron chi connectivity index (χ1n) is 19.3. The van der Waals surface area contributed by atoms with Gasteiger partial charge in [-0.05, 0) is 75.2 Å². The second-order valence-electron chi connectivity index (χ2n) is 17.1. The topological polar surface area (TPSA) is 193 Å². The Morgan fingerprint density at radius 2 is 1.05 bits per heavy atom. The molecule has 0 radical (unpaired) electrons. The molecule has 16 heteroatoms. The first kappa shape index (κ1) is 45.5. The summed E-state index contributed by atoms with van der Waals surface area (Å²) in [5, 5.41) is 18.7. The molecule has 2 N–H and O–H groups in total. The van der Waals surface area contributed by atoms with Crippen LogP contribution in [0.25, 0.3) is 0 Å². The molecular weight excluding hydrogens is 724 g/mol. The maximum Gasteiger partial charge on any atom is 0.311 e. The molecule has 0 aromatic heterocycles.